The molecule has 0 aromatic heterocycles. The van der Waals surface area contributed by atoms with Crippen molar-refractivity contribution in [1.82, 2.24) is 0 Å². The zero-order chi connectivity index (χ0) is 11.2. The summed E-state index contributed by atoms with van der Waals surface area (Å²) in [7, 11) is -4.26. The fraction of sp³-hybridized carbons (Fsp3) is 1.00. The molecule has 0 saturated carbocycles. The van der Waals surface area contributed by atoms with Crippen LogP contribution in [0.2, 0.25) is 0 Å². The highest BCUT2D eigenvalue weighted by atomic mass is 32.3. The predicted molar refractivity (Wildman–Crippen MR) is 55.4 cm³/mol. The van der Waals surface area contributed by atoms with Crippen LogP contribution in [0.15, 0.2) is 0 Å². The summed E-state index contributed by atoms with van der Waals surface area (Å²) in [5.41, 5.74) is 0. The van der Waals surface area contributed by atoms with Crippen LogP contribution in [0.3, 0.4) is 0 Å². The molecule has 0 bridgehead atoms. The molecule has 0 unspecified atom stereocenters. The fourth-order valence-corrected chi connectivity index (χ4v) is 1.56. The van der Waals surface area contributed by atoms with E-state index in [1.807, 2.05) is 6.92 Å². The Morgan fingerprint density at radius 2 is 1.79 bits per heavy atom. The third kappa shape index (κ3) is 9.95. The largest absolute Gasteiger partial charge is 0.397 e. The van der Waals surface area contributed by atoms with Gasteiger partial charge in [-0.1, -0.05) is 33.6 Å². The number of hydrogen-bond donors (Lipinski definition) is 1. The molecule has 0 radical (unpaired) electrons. The van der Waals surface area contributed by atoms with Gasteiger partial charge >= 0.3 is 10.4 Å². The van der Waals surface area contributed by atoms with Crippen LogP contribution in [0.25, 0.3) is 0 Å². The first-order chi connectivity index (χ1) is 6.31. The maximum Gasteiger partial charge on any atom is 0.397 e. The molecule has 0 aromatic rings. The fourth-order valence-electron chi connectivity index (χ4n) is 1.16. The molecule has 0 aromatic carbocycles. The van der Waals surface area contributed by atoms with Crippen molar-refractivity contribution >= 4 is 10.4 Å². The van der Waals surface area contributed by atoms with E-state index in [1.165, 1.54) is 0 Å². The Labute approximate surface area is 86.6 Å². The van der Waals surface area contributed by atoms with Crippen LogP contribution in [0.4, 0.5) is 0 Å². The normalized spacial score (nSPS) is 14.6. The lowest BCUT2D eigenvalue weighted by atomic mass is 10.0. The minimum atomic E-state index is -4.26. The van der Waals surface area contributed by atoms with E-state index < -0.39 is 10.4 Å². The monoisotopic (exact) mass is 224 g/mol. The van der Waals surface area contributed by atoms with Gasteiger partial charge in [-0.15, -0.1) is 0 Å². The van der Waals surface area contributed by atoms with E-state index >= 15 is 0 Å². The first kappa shape index (κ1) is 13.9. The zero-order valence-corrected chi connectivity index (χ0v) is 9.88. The van der Waals surface area contributed by atoms with Crippen molar-refractivity contribution in [3.63, 3.8) is 0 Å². The molecule has 86 valence electrons. The van der Waals surface area contributed by atoms with Crippen LogP contribution in [0.5, 0.6) is 0 Å². The zero-order valence-electron chi connectivity index (χ0n) is 9.06. The highest BCUT2D eigenvalue weighted by Gasteiger charge is 2.09. The molecule has 0 aliphatic carbocycles. The molecule has 0 fully saturated rings. The first-order valence-electron chi connectivity index (χ1n) is 4.93. The van der Waals surface area contributed by atoms with Gasteiger partial charge in [-0.2, -0.15) is 8.42 Å². The van der Waals surface area contributed by atoms with Crippen molar-refractivity contribution in [2.24, 2.45) is 11.8 Å². The predicted octanol–water partition coefficient (Wildman–Crippen LogP) is 2.27. The van der Waals surface area contributed by atoms with Gasteiger partial charge < -0.3 is 0 Å². The summed E-state index contributed by atoms with van der Waals surface area (Å²) in [4.78, 5) is 0. The van der Waals surface area contributed by atoms with Gasteiger partial charge in [0.2, 0.25) is 0 Å². The summed E-state index contributed by atoms with van der Waals surface area (Å²) >= 11 is 0. The summed E-state index contributed by atoms with van der Waals surface area (Å²) in [5, 5.41) is 0. The SMILES string of the molecule is CC(C)CCC[C@H](C)COS(=O)(=O)O. The van der Waals surface area contributed by atoms with Crippen molar-refractivity contribution < 1.29 is 17.2 Å². The van der Waals surface area contributed by atoms with Crippen molar-refractivity contribution in [2.45, 2.75) is 40.0 Å². The molecule has 5 heteroatoms. The first-order valence-corrected chi connectivity index (χ1v) is 6.29. The Balaban J connectivity index is 3.51. The van der Waals surface area contributed by atoms with Gasteiger partial charge in [0.25, 0.3) is 0 Å². The Morgan fingerprint density at radius 3 is 2.21 bits per heavy atom. The average Bonchev–Trinajstić information content (AvgIpc) is 1.99. The van der Waals surface area contributed by atoms with Gasteiger partial charge in [-0.05, 0) is 18.3 Å². The third-order valence-electron chi connectivity index (χ3n) is 1.98. The second-order valence-electron chi connectivity index (χ2n) is 4.14. The molecule has 1 atom stereocenters. The van der Waals surface area contributed by atoms with E-state index in [9.17, 15) is 8.42 Å². The smallest absolute Gasteiger partial charge is 0.264 e. The molecular formula is C9H20O4S. The van der Waals surface area contributed by atoms with E-state index in [0.29, 0.717) is 5.92 Å². The maximum absolute atomic E-state index is 10.3. The van der Waals surface area contributed by atoms with E-state index in [4.69, 9.17) is 4.55 Å². The van der Waals surface area contributed by atoms with Gasteiger partial charge in [0.15, 0.2) is 0 Å². The highest BCUT2D eigenvalue weighted by molar-refractivity contribution is 7.80. The van der Waals surface area contributed by atoms with Crippen LogP contribution in [-0.4, -0.2) is 19.6 Å². The maximum atomic E-state index is 10.3. The van der Waals surface area contributed by atoms with E-state index in [1.54, 1.807) is 0 Å². The third-order valence-corrected chi connectivity index (χ3v) is 2.41. The number of rotatable bonds is 7. The van der Waals surface area contributed by atoms with Crippen LogP contribution >= 0.6 is 0 Å². The molecule has 14 heavy (non-hydrogen) atoms. The van der Waals surface area contributed by atoms with Crippen molar-refractivity contribution in [2.75, 3.05) is 6.61 Å². The topological polar surface area (TPSA) is 63.6 Å². The lowest BCUT2D eigenvalue weighted by Crippen LogP contribution is -2.11. The molecule has 0 amide bonds. The second-order valence-corrected chi connectivity index (χ2v) is 5.23. The Morgan fingerprint density at radius 1 is 1.21 bits per heavy atom. The molecule has 0 saturated heterocycles. The highest BCUT2D eigenvalue weighted by Crippen LogP contribution is 2.12. The van der Waals surface area contributed by atoms with Gasteiger partial charge in [-0.3, -0.25) is 4.55 Å². The van der Waals surface area contributed by atoms with Crippen molar-refractivity contribution in [1.29, 1.82) is 0 Å². The summed E-state index contributed by atoms with van der Waals surface area (Å²) in [6, 6.07) is 0. The minimum Gasteiger partial charge on any atom is -0.264 e. The molecular weight excluding hydrogens is 204 g/mol. The van der Waals surface area contributed by atoms with Gasteiger partial charge in [0.1, 0.15) is 0 Å². The van der Waals surface area contributed by atoms with Gasteiger partial charge in [0, 0.05) is 0 Å². The molecule has 0 aliphatic heterocycles. The quantitative estimate of drug-likeness (QED) is 0.674. The average molecular weight is 224 g/mol. The lowest BCUT2D eigenvalue weighted by Gasteiger charge is -2.10. The number of hydrogen-bond acceptors (Lipinski definition) is 3. The molecule has 0 aliphatic rings. The Bertz CT molecular complexity index is 233. The standard InChI is InChI=1S/C9H20O4S/c1-8(2)5-4-6-9(3)7-13-14(10,11)12/h8-9H,4-7H2,1-3H3,(H,10,11,12)/t9-/m0/s1. The summed E-state index contributed by atoms with van der Waals surface area (Å²) in [6.07, 6.45) is 3.12. The lowest BCUT2D eigenvalue weighted by molar-refractivity contribution is 0.221. The van der Waals surface area contributed by atoms with Crippen molar-refractivity contribution in [3.8, 4) is 0 Å². The second kappa shape index (κ2) is 6.37. The van der Waals surface area contributed by atoms with Crippen LogP contribution in [0.1, 0.15) is 40.0 Å². The Kier molecular flexibility index (Phi) is 6.31. The molecule has 1 N–H and O–H groups in total. The van der Waals surface area contributed by atoms with Gasteiger partial charge in [0.05, 0.1) is 6.61 Å². The Hall–Kier alpha value is -0.130. The summed E-state index contributed by atoms with van der Waals surface area (Å²) < 4.78 is 33.1. The van der Waals surface area contributed by atoms with Crippen LogP contribution < -0.4 is 0 Å². The van der Waals surface area contributed by atoms with Crippen molar-refractivity contribution in [3.05, 3.63) is 0 Å². The molecule has 0 spiro atoms. The van der Waals surface area contributed by atoms with Crippen LogP contribution in [0, 0.1) is 11.8 Å². The van der Waals surface area contributed by atoms with Gasteiger partial charge in [-0.25, -0.2) is 4.18 Å². The summed E-state index contributed by atoms with van der Waals surface area (Å²) in [6.45, 7) is 6.28. The minimum absolute atomic E-state index is 0.0664. The van der Waals surface area contributed by atoms with Crippen LogP contribution in [-0.2, 0) is 14.6 Å². The molecule has 4 nitrogen and oxygen atoms in total. The van der Waals surface area contributed by atoms with E-state index in [2.05, 4.69) is 18.0 Å². The van der Waals surface area contributed by atoms with E-state index in [0.717, 1.165) is 19.3 Å². The summed E-state index contributed by atoms with van der Waals surface area (Å²) in [5.74, 6) is 0.834. The molecule has 0 rings (SSSR count). The molecule has 0 heterocycles. The van der Waals surface area contributed by atoms with E-state index in [-0.39, 0.29) is 12.5 Å².